The number of amides is 1. The zero-order chi connectivity index (χ0) is 25.3. The molecule has 1 aromatic heterocycles. The van der Waals surface area contributed by atoms with Crippen LogP contribution in [0.15, 0.2) is 76.2 Å². The second-order valence-corrected chi connectivity index (χ2v) is 7.74. The Morgan fingerprint density at radius 1 is 0.886 bits per heavy atom. The van der Waals surface area contributed by atoms with Crippen molar-refractivity contribution in [2.75, 3.05) is 5.01 Å². The van der Waals surface area contributed by atoms with Crippen molar-refractivity contribution in [3.8, 4) is 5.69 Å². The summed E-state index contributed by atoms with van der Waals surface area (Å²) in [5, 5.41) is 26.5. The predicted octanol–water partition coefficient (Wildman–Crippen LogP) is 3.23. The summed E-state index contributed by atoms with van der Waals surface area (Å²) in [4.78, 5) is 47.8. The Bertz CT molecular complexity index is 1490. The van der Waals surface area contributed by atoms with Crippen molar-refractivity contribution < 1.29 is 24.6 Å². The molecule has 0 radical (unpaired) electrons. The molecular weight excluding hydrogens is 452 g/mol. The van der Waals surface area contributed by atoms with E-state index in [2.05, 4.69) is 10.2 Å². The minimum atomic E-state index is -1.06. The summed E-state index contributed by atoms with van der Waals surface area (Å²) in [6, 6.07) is 11.7. The number of benzene rings is 2. The molecule has 4 rings (SSSR count). The molecule has 1 aliphatic rings. The number of aromatic amines is 1. The SMILES string of the molecule is CC1=NN(c2ccc(C(=O)O)cc2)C(=O)/C1=C/C=C/c1c(C)[nH]n(-c2ccc(C(=O)O)cc2)c1=O. The Hall–Kier alpha value is -4.99. The molecule has 10 heteroatoms. The maximum Gasteiger partial charge on any atom is 0.335 e. The molecule has 0 aliphatic carbocycles. The first-order valence-corrected chi connectivity index (χ1v) is 10.4. The fraction of sp³-hybridized carbons (Fsp3) is 0.0800. The zero-order valence-electron chi connectivity index (χ0n) is 18.7. The Balaban J connectivity index is 1.56. The number of hydrogen-bond acceptors (Lipinski definition) is 5. The standard InChI is InChI=1S/C25H20N4O6/c1-14-20(22(30)28(26-14)18-10-6-16(7-11-18)24(32)33)4-3-5-21-15(2)27-29(23(21)31)19-12-8-17(9-13-19)25(34)35/h3-13,26H,1-2H3,(H,32,33)(H,34,35)/b4-3+,21-5+. The predicted molar refractivity (Wildman–Crippen MR) is 129 cm³/mol. The molecule has 2 aromatic carbocycles. The topological polar surface area (TPSA) is 145 Å². The molecule has 176 valence electrons. The average Bonchev–Trinajstić information content (AvgIpc) is 3.28. The van der Waals surface area contributed by atoms with Crippen LogP contribution in [0.4, 0.5) is 5.69 Å². The summed E-state index contributed by atoms with van der Waals surface area (Å²) >= 11 is 0. The molecule has 0 atom stereocenters. The summed E-state index contributed by atoms with van der Waals surface area (Å²) in [5.41, 5.74) is 2.59. The van der Waals surface area contributed by atoms with Gasteiger partial charge in [-0.1, -0.05) is 6.08 Å². The van der Waals surface area contributed by atoms with E-state index in [-0.39, 0.29) is 22.6 Å². The van der Waals surface area contributed by atoms with Crippen molar-refractivity contribution in [1.82, 2.24) is 9.78 Å². The number of anilines is 1. The highest BCUT2D eigenvalue weighted by Gasteiger charge is 2.28. The van der Waals surface area contributed by atoms with Crippen LogP contribution in [-0.2, 0) is 4.79 Å². The molecular formula is C25H20N4O6. The first-order valence-electron chi connectivity index (χ1n) is 10.4. The third kappa shape index (κ3) is 4.44. The summed E-state index contributed by atoms with van der Waals surface area (Å²) in [5.74, 6) is -2.50. The van der Waals surface area contributed by atoms with E-state index in [0.717, 1.165) is 0 Å². The summed E-state index contributed by atoms with van der Waals surface area (Å²) in [6.45, 7) is 3.41. The van der Waals surface area contributed by atoms with Crippen LogP contribution in [0.2, 0.25) is 0 Å². The first-order chi connectivity index (χ1) is 16.7. The van der Waals surface area contributed by atoms with Crippen LogP contribution in [0.3, 0.4) is 0 Å². The second-order valence-electron chi connectivity index (χ2n) is 7.74. The number of hydrazone groups is 1. The number of carboxylic acid groups (broad SMARTS) is 2. The lowest BCUT2D eigenvalue weighted by atomic mass is 10.1. The summed E-state index contributed by atoms with van der Waals surface area (Å²) < 4.78 is 1.31. The maximum atomic E-state index is 12.9. The van der Waals surface area contributed by atoms with Gasteiger partial charge in [-0.15, -0.1) is 0 Å². The van der Waals surface area contributed by atoms with Crippen molar-refractivity contribution >= 4 is 35.3 Å². The highest BCUT2D eigenvalue weighted by molar-refractivity contribution is 6.29. The fourth-order valence-electron chi connectivity index (χ4n) is 3.56. The molecule has 35 heavy (non-hydrogen) atoms. The smallest absolute Gasteiger partial charge is 0.335 e. The van der Waals surface area contributed by atoms with Gasteiger partial charge in [0.15, 0.2) is 0 Å². The molecule has 0 saturated heterocycles. The van der Waals surface area contributed by atoms with Gasteiger partial charge in [-0.05, 0) is 74.5 Å². The molecule has 0 saturated carbocycles. The van der Waals surface area contributed by atoms with Crippen molar-refractivity contribution in [1.29, 1.82) is 0 Å². The van der Waals surface area contributed by atoms with Gasteiger partial charge in [0.1, 0.15) is 0 Å². The Labute approximate surface area is 198 Å². The molecule has 0 bridgehead atoms. The van der Waals surface area contributed by atoms with E-state index in [0.29, 0.717) is 33.9 Å². The van der Waals surface area contributed by atoms with Gasteiger partial charge in [-0.3, -0.25) is 14.7 Å². The molecule has 2 heterocycles. The maximum absolute atomic E-state index is 12.9. The number of aromatic carboxylic acids is 2. The van der Waals surface area contributed by atoms with Crippen molar-refractivity contribution in [2.24, 2.45) is 5.10 Å². The molecule has 3 N–H and O–H groups in total. The lowest BCUT2D eigenvalue weighted by Crippen LogP contribution is -2.21. The normalized spacial score (nSPS) is 14.7. The van der Waals surface area contributed by atoms with Crippen molar-refractivity contribution in [3.63, 3.8) is 0 Å². The number of hydrogen-bond donors (Lipinski definition) is 3. The summed E-state index contributed by atoms with van der Waals surface area (Å²) in [7, 11) is 0. The van der Waals surface area contributed by atoms with Crippen LogP contribution in [0.1, 0.15) is 38.9 Å². The largest absolute Gasteiger partial charge is 0.478 e. The van der Waals surface area contributed by atoms with Crippen LogP contribution >= 0.6 is 0 Å². The molecule has 1 aliphatic heterocycles. The van der Waals surface area contributed by atoms with Crippen molar-refractivity contribution in [3.05, 3.63) is 99.0 Å². The van der Waals surface area contributed by atoms with Crippen LogP contribution in [-0.4, -0.2) is 43.6 Å². The van der Waals surface area contributed by atoms with Crippen LogP contribution in [0.5, 0.6) is 0 Å². The van der Waals surface area contributed by atoms with E-state index >= 15 is 0 Å². The lowest BCUT2D eigenvalue weighted by molar-refractivity contribution is -0.114. The number of nitrogens with zero attached hydrogens (tertiary/aromatic N) is 3. The number of aryl methyl sites for hydroxylation is 1. The van der Waals surface area contributed by atoms with Gasteiger partial charge in [0.25, 0.3) is 11.5 Å². The summed E-state index contributed by atoms with van der Waals surface area (Å²) in [6.07, 6.45) is 4.72. The van der Waals surface area contributed by atoms with Gasteiger partial charge in [-0.25, -0.2) is 14.3 Å². The molecule has 0 unspecified atom stereocenters. The Kier molecular flexibility index (Phi) is 6.03. The zero-order valence-corrected chi connectivity index (χ0v) is 18.7. The number of nitrogens with one attached hydrogen (secondary N) is 1. The first kappa shape index (κ1) is 23.2. The molecule has 10 nitrogen and oxygen atoms in total. The van der Waals surface area contributed by atoms with Crippen molar-refractivity contribution in [2.45, 2.75) is 13.8 Å². The van der Waals surface area contributed by atoms with Crippen LogP contribution < -0.4 is 10.6 Å². The lowest BCUT2D eigenvalue weighted by Gasteiger charge is -2.11. The quantitative estimate of drug-likeness (QED) is 0.470. The van der Waals surface area contributed by atoms with Gasteiger partial charge in [0.2, 0.25) is 0 Å². The average molecular weight is 472 g/mol. The third-order valence-corrected chi connectivity index (χ3v) is 5.44. The van der Waals surface area contributed by atoms with Gasteiger partial charge >= 0.3 is 11.9 Å². The molecule has 0 fully saturated rings. The fourth-order valence-corrected chi connectivity index (χ4v) is 3.56. The highest BCUT2D eigenvalue weighted by atomic mass is 16.4. The van der Waals surface area contributed by atoms with Crippen LogP contribution in [0, 0.1) is 6.92 Å². The molecule has 0 spiro atoms. The number of carbonyl (C=O) groups is 3. The number of carboxylic acids is 2. The van der Waals surface area contributed by atoms with E-state index in [1.165, 1.54) is 58.2 Å². The minimum Gasteiger partial charge on any atom is -0.478 e. The Morgan fingerprint density at radius 2 is 1.43 bits per heavy atom. The van der Waals surface area contributed by atoms with E-state index in [1.807, 2.05) is 0 Å². The molecule has 1 amide bonds. The number of rotatable bonds is 6. The number of carbonyl (C=O) groups excluding carboxylic acids is 1. The van der Waals surface area contributed by atoms with Gasteiger partial charge < -0.3 is 10.2 Å². The number of aromatic nitrogens is 2. The van der Waals surface area contributed by atoms with E-state index in [9.17, 15) is 19.2 Å². The van der Waals surface area contributed by atoms with E-state index in [1.54, 1.807) is 32.1 Å². The third-order valence-electron chi connectivity index (χ3n) is 5.44. The monoisotopic (exact) mass is 472 g/mol. The van der Waals surface area contributed by atoms with Crippen LogP contribution in [0.25, 0.3) is 11.8 Å². The molecule has 3 aromatic rings. The Morgan fingerprint density at radius 3 is 1.97 bits per heavy atom. The number of allylic oxidation sites excluding steroid dienone is 2. The van der Waals surface area contributed by atoms with E-state index < -0.39 is 11.9 Å². The van der Waals surface area contributed by atoms with Gasteiger partial charge in [0, 0.05) is 5.69 Å². The highest BCUT2D eigenvalue weighted by Crippen LogP contribution is 2.24. The van der Waals surface area contributed by atoms with Gasteiger partial charge in [-0.2, -0.15) is 10.1 Å². The van der Waals surface area contributed by atoms with Gasteiger partial charge in [0.05, 0.1) is 39.3 Å². The number of H-pyrrole nitrogens is 1. The second kappa shape index (κ2) is 9.10. The van der Waals surface area contributed by atoms with E-state index in [4.69, 9.17) is 10.2 Å². The minimum absolute atomic E-state index is 0.102.